The van der Waals surface area contributed by atoms with Gasteiger partial charge in [-0.1, -0.05) is 12.1 Å². The second kappa shape index (κ2) is 7.46. The number of likely N-dealkylation sites (tertiary alicyclic amines) is 1. The van der Waals surface area contributed by atoms with Crippen LogP contribution < -0.4 is 4.74 Å². The lowest BCUT2D eigenvalue weighted by atomic mass is 10.0. The molecule has 0 aliphatic carbocycles. The van der Waals surface area contributed by atoms with Crippen molar-refractivity contribution in [2.75, 3.05) is 33.8 Å². The van der Waals surface area contributed by atoms with Gasteiger partial charge >= 0.3 is 0 Å². The number of carbonyl (C=O) groups excluding carboxylic acids is 1. The predicted molar refractivity (Wildman–Crippen MR) is 84.6 cm³/mol. The van der Waals surface area contributed by atoms with Crippen LogP contribution in [0.3, 0.4) is 0 Å². The van der Waals surface area contributed by atoms with Gasteiger partial charge in [0.05, 0.1) is 13.0 Å². The highest BCUT2D eigenvalue weighted by atomic mass is 16.5. The summed E-state index contributed by atoms with van der Waals surface area (Å²) in [7, 11) is 4.05. The zero-order valence-corrected chi connectivity index (χ0v) is 13.3. The topological polar surface area (TPSA) is 32.8 Å². The third kappa shape index (κ3) is 4.74. The van der Waals surface area contributed by atoms with E-state index in [9.17, 15) is 4.79 Å². The molecule has 1 heterocycles. The maximum absolute atomic E-state index is 12.2. The van der Waals surface area contributed by atoms with Crippen LogP contribution >= 0.6 is 0 Å². The van der Waals surface area contributed by atoms with Crippen LogP contribution in [0.4, 0.5) is 0 Å². The maximum atomic E-state index is 12.2. The van der Waals surface area contributed by atoms with E-state index in [0.717, 1.165) is 31.7 Å². The molecule has 116 valence electrons. The number of piperidine rings is 1. The third-order valence-corrected chi connectivity index (χ3v) is 4.20. The van der Waals surface area contributed by atoms with Gasteiger partial charge in [-0.3, -0.25) is 4.79 Å². The van der Waals surface area contributed by atoms with Crippen molar-refractivity contribution in [3.05, 3.63) is 29.8 Å². The van der Waals surface area contributed by atoms with Crippen LogP contribution in [0.2, 0.25) is 0 Å². The summed E-state index contributed by atoms with van der Waals surface area (Å²) in [5, 5.41) is 0. The van der Waals surface area contributed by atoms with Gasteiger partial charge in [0, 0.05) is 13.1 Å². The Morgan fingerprint density at radius 3 is 2.76 bits per heavy atom. The molecule has 0 N–H and O–H groups in total. The first-order valence-corrected chi connectivity index (χ1v) is 7.70. The highest BCUT2D eigenvalue weighted by Gasteiger charge is 2.23. The minimum Gasteiger partial charge on any atom is -0.493 e. The lowest BCUT2D eigenvalue weighted by Gasteiger charge is -2.35. The number of rotatable bonds is 5. The quantitative estimate of drug-likeness (QED) is 0.834. The van der Waals surface area contributed by atoms with Gasteiger partial charge in [-0.05, 0) is 57.6 Å². The number of nitrogens with zero attached hydrogens (tertiary/aromatic N) is 2. The van der Waals surface area contributed by atoms with E-state index in [0.29, 0.717) is 19.1 Å². The van der Waals surface area contributed by atoms with Gasteiger partial charge in [0.1, 0.15) is 5.75 Å². The highest BCUT2D eigenvalue weighted by molar-refractivity contribution is 5.76. The summed E-state index contributed by atoms with van der Waals surface area (Å²) < 4.78 is 5.66. The van der Waals surface area contributed by atoms with Crippen molar-refractivity contribution in [2.24, 2.45) is 0 Å². The third-order valence-electron chi connectivity index (χ3n) is 4.20. The number of hydrogen-bond donors (Lipinski definition) is 0. The van der Waals surface area contributed by atoms with Crippen LogP contribution in [0.25, 0.3) is 0 Å². The number of aryl methyl sites for hydroxylation is 1. The minimum absolute atomic E-state index is 0.178. The lowest BCUT2D eigenvalue weighted by Crippen LogP contribution is -2.44. The van der Waals surface area contributed by atoms with Gasteiger partial charge in [0.15, 0.2) is 0 Å². The predicted octanol–water partition coefficient (Wildman–Crippen LogP) is 2.32. The molecular weight excluding hydrogens is 264 g/mol. The lowest BCUT2D eigenvalue weighted by molar-refractivity contribution is -0.133. The van der Waals surface area contributed by atoms with E-state index < -0.39 is 0 Å². The van der Waals surface area contributed by atoms with E-state index in [1.165, 1.54) is 5.56 Å². The van der Waals surface area contributed by atoms with Crippen LogP contribution in [0, 0.1) is 6.92 Å². The zero-order chi connectivity index (χ0) is 15.2. The molecule has 1 aliphatic rings. The normalized spacial score (nSPS) is 16.7. The van der Waals surface area contributed by atoms with Crippen molar-refractivity contribution in [1.82, 2.24) is 9.80 Å². The van der Waals surface area contributed by atoms with E-state index in [4.69, 9.17) is 4.74 Å². The number of carbonyl (C=O) groups is 1. The fraction of sp³-hybridized carbons (Fsp3) is 0.588. The van der Waals surface area contributed by atoms with E-state index in [1.807, 2.05) is 43.1 Å². The Balaban J connectivity index is 1.74. The van der Waals surface area contributed by atoms with Crippen molar-refractivity contribution < 1.29 is 9.53 Å². The van der Waals surface area contributed by atoms with Crippen LogP contribution in [0.5, 0.6) is 5.75 Å². The second-order valence-corrected chi connectivity index (χ2v) is 5.95. The van der Waals surface area contributed by atoms with E-state index in [1.54, 1.807) is 0 Å². The number of benzene rings is 1. The molecule has 0 radical (unpaired) electrons. The Labute approximate surface area is 127 Å². The van der Waals surface area contributed by atoms with Crippen LogP contribution in [-0.4, -0.2) is 55.5 Å². The van der Waals surface area contributed by atoms with Gasteiger partial charge in [-0.25, -0.2) is 0 Å². The largest absolute Gasteiger partial charge is 0.493 e. The summed E-state index contributed by atoms with van der Waals surface area (Å²) in [5.41, 5.74) is 1.17. The summed E-state index contributed by atoms with van der Waals surface area (Å²) in [6, 6.07) is 8.31. The SMILES string of the molecule is Cc1cccc(OCCC(=O)N(C)C2CCN(C)CC2)c1. The molecule has 0 bridgehead atoms. The van der Waals surface area contributed by atoms with Gasteiger partial charge in [-0.2, -0.15) is 0 Å². The average molecular weight is 290 g/mol. The van der Waals surface area contributed by atoms with Gasteiger partial charge in [0.2, 0.25) is 5.91 Å². The van der Waals surface area contributed by atoms with Crippen molar-refractivity contribution in [1.29, 1.82) is 0 Å². The molecular formula is C17H26N2O2. The number of amides is 1. The summed E-state index contributed by atoms with van der Waals surface area (Å²) in [6.45, 7) is 4.62. The molecule has 1 aliphatic heterocycles. The van der Waals surface area contributed by atoms with Gasteiger partial charge in [-0.15, -0.1) is 0 Å². The molecule has 0 saturated carbocycles. The van der Waals surface area contributed by atoms with Crippen molar-refractivity contribution in [3.8, 4) is 5.75 Å². The molecule has 1 saturated heterocycles. The molecule has 1 aromatic rings. The average Bonchev–Trinajstić information content (AvgIpc) is 2.47. The smallest absolute Gasteiger partial charge is 0.225 e. The minimum atomic E-state index is 0.178. The molecule has 4 nitrogen and oxygen atoms in total. The second-order valence-electron chi connectivity index (χ2n) is 5.95. The Bertz CT molecular complexity index is 468. The van der Waals surface area contributed by atoms with Crippen molar-refractivity contribution in [2.45, 2.75) is 32.2 Å². The Morgan fingerprint density at radius 2 is 2.10 bits per heavy atom. The summed E-state index contributed by atoms with van der Waals surface area (Å²) >= 11 is 0. The van der Waals surface area contributed by atoms with Crippen LogP contribution in [0.15, 0.2) is 24.3 Å². The molecule has 0 spiro atoms. The van der Waals surface area contributed by atoms with E-state index >= 15 is 0 Å². The van der Waals surface area contributed by atoms with Gasteiger partial charge in [0.25, 0.3) is 0 Å². The standard InChI is InChI=1S/C17H26N2O2/c1-14-5-4-6-16(13-14)21-12-9-17(20)19(3)15-7-10-18(2)11-8-15/h4-6,13,15H,7-12H2,1-3H3. The van der Waals surface area contributed by atoms with E-state index in [-0.39, 0.29) is 5.91 Å². The van der Waals surface area contributed by atoms with Crippen LogP contribution in [-0.2, 0) is 4.79 Å². The highest BCUT2D eigenvalue weighted by Crippen LogP contribution is 2.16. The molecule has 0 aromatic heterocycles. The summed E-state index contributed by atoms with van der Waals surface area (Å²) in [6.07, 6.45) is 2.58. The molecule has 1 aromatic carbocycles. The number of hydrogen-bond acceptors (Lipinski definition) is 3. The molecule has 1 amide bonds. The Morgan fingerprint density at radius 1 is 1.38 bits per heavy atom. The number of ether oxygens (including phenoxy) is 1. The molecule has 4 heteroatoms. The summed E-state index contributed by atoms with van der Waals surface area (Å²) in [5.74, 6) is 1.02. The van der Waals surface area contributed by atoms with Crippen LogP contribution in [0.1, 0.15) is 24.8 Å². The fourth-order valence-electron chi connectivity index (χ4n) is 2.72. The Kier molecular flexibility index (Phi) is 5.62. The zero-order valence-electron chi connectivity index (χ0n) is 13.3. The van der Waals surface area contributed by atoms with E-state index in [2.05, 4.69) is 11.9 Å². The Hall–Kier alpha value is -1.55. The molecule has 1 fully saturated rings. The van der Waals surface area contributed by atoms with Crippen molar-refractivity contribution >= 4 is 5.91 Å². The van der Waals surface area contributed by atoms with Gasteiger partial charge < -0.3 is 14.5 Å². The first kappa shape index (κ1) is 15.8. The maximum Gasteiger partial charge on any atom is 0.225 e. The van der Waals surface area contributed by atoms with Crippen molar-refractivity contribution in [3.63, 3.8) is 0 Å². The first-order valence-electron chi connectivity index (χ1n) is 7.70. The molecule has 0 atom stereocenters. The molecule has 0 unspecified atom stereocenters. The summed E-state index contributed by atoms with van der Waals surface area (Å²) in [4.78, 5) is 16.4. The first-order chi connectivity index (χ1) is 10.1. The molecule has 21 heavy (non-hydrogen) atoms. The monoisotopic (exact) mass is 290 g/mol. The fourth-order valence-corrected chi connectivity index (χ4v) is 2.72. The molecule has 2 rings (SSSR count).